The van der Waals surface area contributed by atoms with Gasteiger partial charge in [-0.3, -0.25) is 5.43 Å². The van der Waals surface area contributed by atoms with Crippen LogP contribution in [0.1, 0.15) is 18.1 Å². The van der Waals surface area contributed by atoms with Crippen LogP contribution in [0.4, 0.5) is 0 Å². The van der Waals surface area contributed by atoms with E-state index in [1.165, 1.54) is 0 Å². The summed E-state index contributed by atoms with van der Waals surface area (Å²) in [5, 5.41) is 8.78. The minimum Gasteiger partial charge on any atom is -0.486 e. The first-order valence-corrected chi connectivity index (χ1v) is 8.97. The first-order chi connectivity index (χ1) is 12.0. The lowest BCUT2D eigenvalue weighted by Crippen LogP contribution is -2.31. The highest BCUT2D eigenvalue weighted by atomic mass is 35.5. The summed E-state index contributed by atoms with van der Waals surface area (Å²) in [5.74, 6) is 0.400. The standard InChI is InChI=1S/C17H16Cl3N3OS/c1-2-21-17(25)23-22-9-11-7-14(19)16(15(20)8-11)24-10-12-5-3-4-6-13(12)18/h3-9H,2,10H2,1H3,(H2,21,23,25). The Hall–Kier alpha value is -1.53. The number of ether oxygens (including phenoxy) is 1. The molecule has 0 saturated heterocycles. The van der Waals surface area contributed by atoms with Gasteiger partial charge in [0.2, 0.25) is 0 Å². The van der Waals surface area contributed by atoms with Crippen molar-refractivity contribution in [1.29, 1.82) is 0 Å². The van der Waals surface area contributed by atoms with Gasteiger partial charge in [0, 0.05) is 17.1 Å². The summed E-state index contributed by atoms with van der Waals surface area (Å²) in [5.41, 5.74) is 4.26. The molecule has 2 aromatic rings. The fraction of sp³-hybridized carbons (Fsp3) is 0.176. The van der Waals surface area contributed by atoms with Crippen molar-refractivity contribution in [3.05, 3.63) is 62.6 Å². The zero-order chi connectivity index (χ0) is 18.2. The van der Waals surface area contributed by atoms with E-state index in [-0.39, 0.29) is 6.61 Å². The third kappa shape index (κ3) is 6.04. The molecule has 0 aliphatic carbocycles. The molecule has 0 fully saturated rings. The molecular weight excluding hydrogens is 401 g/mol. The van der Waals surface area contributed by atoms with Crippen LogP contribution in [0, 0.1) is 0 Å². The third-order valence-corrected chi connectivity index (χ3v) is 4.23. The molecule has 2 rings (SSSR count). The SMILES string of the molecule is CCNC(=S)NN=Cc1cc(Cl)c(OCc2ccccc2Cl)c(Cl)c1. The second kappa shape index (κ2) is 9.82. The summed E-state index contributed by atoms with van der Waals surface area (Å²) in [4.78, 5) is 0. The second-order valence-electron chi connectivity index (χ2n) is 4.92. The molecular formula is C17H16Cl3N3OS. The zero-order valence-electron chi connectivity index (χ0n) is 13.4. The topological polar surface area (TPSA) is 45.7 Å². The largest absolute Gasteiger partial charge is 0.486 e. The van der Waals surface area contributed by atoms with Gasteiger partial charge in [-0.15, -0.1) is 0 Å². The van der Waals surface area contributed by atoms with Crippen molar-refractivity contribution in [1.82, 2.24) is 10.7 Å². The lowest BCUT2D eigenvalue weighted by atomic mass is 10.2. The average Bonchev–Trinajstić information content (AvgIpc) is 2.56. The lowest BCUT2D eigenvalue weighted by Gasteiger charge is -2.11. The monoisotopic (exact) mass is 415 g/mol. The van der Waals surface area contributed by atoms with Crippen LogP contribution in [-0.4, -0.2) is 17.9 Å². The van der Waals surface area contributed by atoms with Gasteiger partial charge in [-0.05, 0) is 42.9 Å². The number of thiocarbonyl (C=S) groups is 1. The van der Waals surface area contributed by atoms with Crippen molar-refractivity contribution in [2.75, 3.05) is 6.54 Å². The van der Waals surface area contributed by atoms with E-state index in [1.54, 1.807) is 24.4 Å². The van der Waals surface area contributed by atoms with Crippen LogP contribution >= 0.6 is 47.0 Å². The Bertz CT molecular complexity index is 760. The van der Waals surface area contributed by atoms with Crippen LogP contribution in [0.25, 0.3) is 0 Å². The summed E-state index contributed by atoms with van der Waals surface area (Å²) < 4.78 is 5.72. The van der Waals surface area contributed by atoms with E-state index in [0.717, 1.165) is 12.1 Å². The van der Waals surface area contributed by atoms with Crippen molar-refractivity contribution < 1.29 is 4.74 Å². The number of hydrogen-bond donors (Lipinski definition) is 2. The van der Waals surface area contributed by atoms with E-state index in [0.29, 0.717) is 31.5 Å². The third-order valence-electron chi connectivity index (χ3n) is 3.07. The van der Waals surface area contributed by atoms with Gasteiger partial charge in [-0.25, -0.2) is 0 Å². The fourth-order valence-electron chi connectivity index (χ4n) is 1.92. The fourth-order valence-corrected chi connectivity index (χ4v) is 2.92. The summed E-state index contributed by atoms with van der Waals surface area (Å²) >= 11 is 23.7. The Labute approximate surface area is 167 Å². The predicted molar refractivity (Wildman–Crippen MR) is 109 cm³/mol. The van der Waals surface area contributed by atoms with Crippen LogP contribution in [0.15, 0.2) is 41.5 Å². The molecule has 0 radical (unpaired) electrons. The second-order valence-corrected chi connectivity index (χ2v) is 6.55. The molecule has 0 heterocycles. The van der Waals surface area contributed by atoms with Crippen molar-refractivity contribution >= 4 is 58.3 Å². The van der Waals surface area contributed by atoms with Crippen LogP contribution in [0.5, 0.6) is 5.75 Å². The highest BCUT2D eigenvalue weighted by molar-refractivity contribution is 7.80. The molecule has 25 heavy (non-hydrogen) atoms. The molecule has 2 aromatic carbocycles. The number of nitrogens with zero attached hydrogens (tertiary/aromatic N) is 1. The molecule has 0 aliphatic rings. The molecule has 0 saturated carbocycles. The Morgan fingerprint density at radius 3 is 2.48 bits per heavy atom. The molecule has 132 valence electrons. The van der Waals surface area contributed by atoms with Gasteiger partial charge in [0.15, 0.2) is 10.9 Å². The van der Waals surface area contributed by atoms with Gasteiger partial charge in [0.25, 0.3) is 0 Å². The normalized spacial score (nSPS) is 10.7. The highest BCUT2D eigenvalue weighted by Gasteiger charge is 2.10. The Balaban J connectivity index is 2.05. The van der Waals surface area contributed by atoms with Gasteiger partial charge in [-0.1, -0.05) is 53.0 Å². The van der Waals surface area contributed by atoms with E-state index in [4.69, 9.17) is 51.8 Å². The van der Waals surface area contributed by atoms with E-state index in [1.807, 2.05) is 25.1 Å². The summed E-state index contributed by atoms with van der Waals surface area (Å²) in [7, 11) is 0. The minimum atomic E-state index is 0.269. The average molecular weight is 417 g/mol. The van der Waals surface area contributed by atoms with Crippen LogP contribution in [-0.2, 0) is 6.61 Å². The first kappa shape index (κ1) is 19.8. The van der Waals surface area contributed by atoms with Crippen LogP contribution < -0.4 is 15.5 Å². The lowest BCUT2D eigenvalue weighted by molar-refractivity contribution is 0.306. The number of hydrazone groups is 1. The van der Waals surface area contributed by atoms with Gasteiger partial charge >= 0.3 is 0 Å². The molecule has 2 N–H and O–H groups in total. The van der Waals surface area contributed by atoms with E-state index >= 15 is 0 Å². The number of halogens is 3. The molecule has 0 amide bonds. The predicted octanol–water partition coefficient (Wildman–Crippen LogP) is 5.04. The van der Waals surface area contributed by atoms with Crippen LogP contribution in [0.3, 0.4) is 0 Å². The summed E-state index contributed by atoms with van der Waals surface area (Å²) in [6, 6.07) is 10.8. The number of rotatable bonds is 6. The van der Waals surface area contributed by atoms with E-state index in [2.05, 4.69) is 15.8 Å². The Morgan fingerprint density at radius 2 is 1.84 bits per heavy atom. The quantitative estimate of drug-likeness (QED) is 0.393. The molecule has 0 unspecified atom stereocenters. The minimum absolute atomic E-state index is 0.269. The van der Waals surface area contributed by atoms with Crippen molar-refractivity contribution in [3.63, 3.8) is 0 Å². The van der Waals surface area contributed by atoms with Gasteiger partial charge < -0.3 is 10.1 Å². The highest BCUT2D eigenvalue weighted by Crippen LogP contribution is 2.34. The molecule has 0 aromatic heterocycles. The zero-order valence-corrected chi connectivity index (χ0v) is 16.4. The molecule has 4 nitrogen and oxygen atoms in total. The van der Waals surface area contributed by atoms with Crippen LogP contribution in [0.2, 0.25) is 15.1 Å². The van der Waals surface area contributed by atoms with Crippen molar-refractivity contribution in [2.45, 2.75) is 13.5 Å². The summed E-state index contributed by atoms with van der Waals surface area (Å²) in [6.45, 7) is 2.93. The summed E-state index contributed by atoms with van der Waals surface area (Å²) in [6.07, 6.45) is 1.57. The maximum atomic E-state index is 6.27. The molecule has 0 aliphatic heterocycles. The first-order valence-electron chi connectivity index (χ1n) is 7.43. The maximum absolute atomic E-state index is 6.27. The smallest absolute Gasteiger partial charge is 0.186 e. The Morgan fingerprint density at radius 1 is 1.16 bits per heavy atom. The van der Waals surface area contributed by atoms with Gasteiger partial charge in [0.1, 0.15) is 6.61 Å². The van der Waals surface area contributed by atoms with Gasteiger partial charge in [-0.2, -0.15) is 5.10 Å². The number of benzene rings is 2. The molecule has 0 atom stereocenters. The van der Waals surface area contributed by atoms with Crippen molar-refractivity contribution in [3.8, 4) is 5.75 Å². The number of hydrogen-bond acceptors (Lipinski definition) is 3. The Kier molecular flexibility index (Phi) is 7.78. The van der Waals surface area contributed by atoms with E-state index < -0.39 is 0 Å². The van der Waals surface area contributed by atoms with E-state index in [9.17, 15) is 0 Å². The molecule has 0 bridgehead atoms. The van der Waals surface area contributed by atoms with Gasteiger partial charge in [0.05, 0.1) is 16.3 Å². The molecule has 8 heteroatoms. The van der Waals surface area contributed by atoms with Crippen molar-refractivity contribution in [2.24, 2.45) is 5.10 Å². The maximum Gasteiger partial charge on any atom is 0.186 e. The molecule has 0 spiro atoms. The number of nitrogens with one attached hydrogen (secondary N) is 2.